The predicted molar refractivity (Wildman–Crippen MR) is 162 cm³/mol. The van der Waals surface area contributed by atoms with E-state index in [0.29, 0.717) is 6.42 Å². The van der Waals surface area contributed by atoms with Gasteiger partial charge >= 0.3 is 0 Å². The van der Waals surface area contributed by atoms with Gasteiger partial charge < -0.3 is 20.6 Å². The van der Waals surface area contributed by atoms with E-state index in [2.05, 4.69) is 31.3 Å². The molecule has 0 aromatic carbocycles. The highest BCUT2D eigenvalue weighted by Crippen LogP contribution is 2.13. The van der Waals surface area contributed by atoms with Gasteiger partial charge in [0.15, 0.2) is 0 Å². The summed E-state index contributed by atoms with van der Waals surface area (Å²) in [6.07, 6.45) is 31.7. The summed E-state index contributed by atoms with van der Waals surface area (Å²) in [4.78, 5) is 12.2. The first-order valence-electron chi connectivity index (χ1n) is 16.1. The van der Waals surface area contributed by atoms with Gasteiger partial charge in [0.1, 0.15) is 0 Å². The second-order valence-electron chi connectivity index (χ2n) is 11.1. The lowest BCUT2D eigenvalue weighted by molar-refractivity contribution is -0.124. The Morgan fingerprint density at radius 1 is 0.658 bits per heavy atom. The summed E-state index contributed by atoms with van der Waals surface area (Å²) in [5.41, 5.74) is 0. The van der Waals surface area contributed by atoms with Gasteiger partial charge in [0.2, 0.25) is 5.91 Å². The molecule has 5 heteroatoms. The molecule has 0 heterocycles. The van der Waals surface area contributed by atoms with Crippen LogP contribution >= 0.6 is 0 Å². The fraction of sp³-hybridized carbons (Fsp3) is 0.848. The number of allylic oxidation sites excluding steroid dienone is 3. The van der Waals surface area contributed by atoms with Gasteiger partial charge in [-0.3, -0.25) is 4.79 Å². The first-order chi connectivity index (χ1) is 18.5. The number of nitrogens with one attached hydrogen (secondary N) is 1. The predicted octanol–water partition coefficient (Wildman–Crippen LogP) is 7.92. The molecule has 224 valence electrons. The number of hydrogen-bond donors (Lipinski definition) is 4. The minimum atomic E-state index is -0.945. The van der Waals surface area contributed by atoms with Crippen LogP contribution in [0.2, 0.25) is 0 Å². The van der Waals surface area contributed by atoms with Crippen LogP contribution in [0.15, 0.2) is 24.3 Å². The maximum absolute atomic E-state index is 12.2. The van der Waals surface area contributed by atoms with E-state index in [-0.39, 0.29) is 18.9 Å². The van der Waals surface area contributed by atoms with Gasteiger partial charge in [-0.15, -0.1) is 0 Å². The summed E-state index contributed by atoms with van der Waals surface area (Å²) < 4.78 is 0. The van der Waals surface area contributed by atoms with Gasteiger partial charge in [-0.1, -0.05) is 141 Å². The number of amides is 1. The maximum atomic E-state index is 12.2. The van der Waals surface area contributed by atoms with E-state index in [1.807, 2.05) is 6.08 Å². The summed E-state index contributed by atoms with van der Waals surface area (Å²) in [7, 11) is 0. The molecule has 0 saturated heterocycles. The zero-order chi connectivity index (χ0) is 28.1. The molecule has 0 rings (SSSR count). The molecule has 0 fully saturated rings. The molecular weight excluding hydrogens is 474 g/mol. The molecule has 0 bridgehead atoms. The minimum absolute atomic E-state index is 0.00656. The van der Waals surface area contributed by atoms with Crippen LogP contribution in [0.1, 0.15) is 155 Å². The number of aliphatic hydroxyl groups is 3. The van der Waals surface area contributed by atoms with Crippen molar-refractivity contribution in [1.82, 2.24) is 5.32 Å². The van der Waals surface area contributed by atoms with Crippen LogP contribution in [0.4, 0.5) is 0 Å². The zero-order valence-electron chi connectivity index (χ0n) is 25.1. The van der Waals surface area contributed by atoms with Crippen molar-refractivity contribution in [2.75, 3.05) is 6.61 Å². The van der Waals surface area contributed by atoms with Crippen LogP contribution < -0.4 is 5.32 Å². The highest BCUT2D eigenvalue weighted by molar-refractivity contribution is 5.76. The molecule has 3 atom stereocenters. The van der Waals surface area contributed by atoms with Crippen LogP contribution in [-0.2, 0) is 4.79 Å². The number of carbonyl (C=O) groups is 1. The van der Waals surface area contributed by atoms with Crippen molar-refractivity contribution in [2.24, 2.45) is 0 Å². The number of aliphatic hydroxyl groups excluding tert-OH is 3. The summed E-state index contributed by atoms with van der Waals surface area (Å²) in [6.45, 7) is 4.13. The molecule has 0 saturated carbocycles. The van der Waals surface area contributed by atoms with Crippen LogP contribution in [0.25, 0.3) is 0 Å². The van der Waals surface area contributed by atoms with Crippen molar-refractivity contribution >= 4 is 5.91 Å². The number of hydrogen-bond acceptors (Lipinski definition) is 4. The van der Waals surface area contributed by atoms with Crippen LogP contribution in [0.3, 0.4) is 0 Å². The largest absolute Gasteiger partial charge is 0.394 e. The number of carbonyl (C=O) groups excluding carboxylic acids is 1. The molecule has 0 spiro atoms. The number of rotatable bonds is 28. The fourth-order valence-corrected chi connectivity index (χ4v) is 4.71. The molecule has 0 aliphatic rings. The Bertz CT molecular complexity index is 563. The third kappa shape index (κ3) is 25.1. The Morgan fingerprint density at radius 2 is 1.13 bits per heavy atom. The van der Waals surface area contributed by atoms with Gasteiger partial charge in [0.05, 0.1) is 31.3 Å². The molecule has 0 radical (unpaired) electrons. The average molecular weight is 538 g/mol. The van der Waals surface area contributed by atoms with Gasteiger partial charge in [-0.25, -0.2) is 0 Å². The van der Waals surface area contributed by atoms with Gasteiger partial charge in [-0.2, -0.15) is 0 Å². The maximum Gasteiger partial charge on any atom is 0.222 e. The SMILES string of the molecule is CCCCCCCCCCCC/C=C/CC/C=C/C(O)C(CO)NC(=O)CC(O)CCCCCCCCC. The quantitative estimate of drug-likeness (QED) is 0.0603. The lowest BCUT2D eigenvalue weighted by Gasteiger charge is -2.21. The average Bonchev–Trinajstić information content (AvgIpc) is 2.90. The lowest BCUT2D eigenvalue weighted by atomic mass is 10.0. The molecule has 0 aliphatic heterocycles. The van der Waals surface area contributed by atoms with Crippen molar-refractivity contribution in [3.63, 3.8) is 0 Å². The summed E-state index contributed by atoms with van der Waals surface area (Å²) in [5, 5.41) is 32.7. The fourth-order valence-electron chi connectivity index (χ4n) is 4.71. The normalized spacial score (nSPS) is 14.3. The molecule has 0 aromatic rings. The third-order valence-corrected chi connectivity index (χ3v) is 7.24. The first kappa shape index (κ1) is 36.8. The van der Waals surface area contributed by atoms with E-state index < -0.39 is 18.2 Å². The van der Waals surface area contributed by atoms with Crippen LogP contribution in [-0.4, -0.2) is 46.1 Å². The Labute approximate surface area is 235 Å². The molecule has 38 heavy (non-hydrogen) atoms. The molecule has 0 aliphatic carbocycles. The van der Waals surface area contributed by atoms with Crippen LogP contribution in [0, 0.1) is 0 Å². The van der Waals surface area contributed by atoms with Crippen molar-refractivity contribution in [2.45, 2.75) is 173 Å². The molecule has 5 nitrogen and oxygen atoms in total. The highest BCUT2D eigenvalue weighted by atomic mass is 16.3. The highest BCUT2D eigenvalue weighted by Gasteiger charge is 2.20. The molecule has 0 aromatic heterocycles. The van der Waals surface area contributed by atoms with E-state index in [0.717, 1.165) is 32.1 Å². The van der Waals surface area contributed by atoms with Crippen LogP contribution in [0.5, 0.6) is 0 Å². The smallest absolute Gasteiger partial charge is 0.222 e. The minimum Gasteiger partial charge on any atom is -0.394 e. The second kappa shape index (κ2) is 28.8. The Balaban J connectivity index is 3.83. The van der Waals surface area contributed by atoms with Crippen molar-refractivity contribution < 1.29 is 20.1 Å². The summed E-state index contributed by atoms with van der Waals surface area (Å²) >= 11 is 0. The lowest BCUT2D eigenvalue weighted by Crippen LogP contribution is -2.45. The van der Waals surface area contributed by atoms with E-state index in [1.165, 1.54) is 96.3 Å². The van der Waals surface area contributed by atoms with E-state index >= 15 is 0 Å². The molecule has 4 N–H and O–H groups in total. The van der Waals surface area contributed by atoms with Crippen molar-refractivity contribution in [1.29, 1.82) is 0 Å². The van der Waals surface area contributed by atoms with E-state index in [1.54, 1.807) is 6.08 Å². The standard InChI is InChI=1S/C33H63NO4/c1-3-5-7-9-11-12-13-14-15-16-17-18-19-21-23-25-27-32(37)31(29-35)34-33(38)28-30(36)26-24-22-20-10-8-6-4-2/h18-19,25,27,30-32,35-37H,3-17,20-24,26,28-29H2,1-2H3,(H,34,38)/b19-18+,27-25+. The summed E-state index contributed by atoms with van der Waals surface area (Å²) in [5.74, 6) is -0.332. The molecule has 3 unspecified atom stereocenters. The Morgan fingerprint density at radius 3 is 1.68 bits per heavy atom. The second-order valence-corrected chi connectivity index (χ2v) is 11.1. The number of unbranched alkanes of at least 4 members (excludes halogenated alkanes) is 17. The van der Waals surface area contributed by atoms with Crippen molar-refractivity contribution in [3.05, 3.63) is 24.3 Å². The third-order valence-electron chi connectivity index (χ3n) is 7.24. The molecular formula is C33H63NO4. The van der Waals surface area contributed by atoms with Gasteiger partial charge in [-0.05, 0) is 32.1 Å². The van der Waals surface area contributed by atoms with E-state index in [9.17, 15) is 20.1 Å². The first-order valence-corrected chi connectivity index (χ1v) is 16.1. The van der Waals surface area contributed by atoms with Gasteiger partial charge in [0, 0.05) is 0 Å². The molecule has 1 amide bonds. The topological polar surface area (TPSA) is 89.8 Å². The Hall–Kier alpha value is -1.17. The van der Waals surface area contributed by atoms with Crippen molar-refractivity contribution in [3.8, 4) is 0 Å². The zero-order valence-corrected chi connectivity index (χ0v) is 25.1. The monoisotopic (exact) mass is 537 g/mol. The Kier molecular flexibility index (Phi) is 27.9. The van der Waals surface area contributed by atoms with E-state index in [4.69, 9.17) is 0 Å². The summed E-state index contributed by atoms with van der Waals surface area (Å²) in [6, 6.07) is -0.753. The van der Waals surface area contributed by atoms with Gasteiger partial charge in [0.25, 0.3) is 0 Å².